The number of nitrogens with two attached hydrogens (primary N) is 1. The van der Waals surface area contributed by atoms with E-state index < -0.39 is 0 Å². The van der Waals surface area contributed by atoms with E-state index in [9.17, 15) is 14.9 Å². The van der Waals surface area contributed by atoms with Gasteiger partial charge in [-0.3, -0.25) is 14.2 Å². The molecule has 35 heavy (non-hydrogen) atoms. The molecule has 1 aromatic carbocycles. The molecule has 0 spiro atoms. The second kappa shape index (κ2) is 9.19. The van der Waals surface area contributed by atoms with Crippen molar-refractivity contribution < 1.29 is 9.53 Å². The Labute approximate surface area is 203 Å². The van der Waals surface area contributed by atoms with E-state index >= 15 is 0 Å². The third-order valence-corrected chi connectivity index (χ3v) is 7.27. The second-order valence-corrected chi connectivity index (χ2v) is 9.77. The Hall–Kier alpha value is -3.64. The van der Waals surface area contributed by atoms with Gasteiger partial charge in [0, 0.05) is 31.2 Å². The normalized spacial score (nSPS) is 21.7. The highest BCUT2D eigenvalue weighted by Crippen LogP contribution is 2.42. The Balaban J connectivity index is 1.60. The Morgan fingerprint density at radius 3 is 2.86 bits per heavy atom. The van der Waals surface area contributed by atoms with E-state index in [-0.39, 0.29) is 23.9 Å². The fraction of sp³-hybridized carbons (Fsp3) is 0.462. The highest BCUT2D eigenvalue weighted by Gasteiger charge is 2.36. The maximum Gasteiger partial charge on any atom is 0.278 e. The van der Waals surface area contributed by atoms with Gasteiger partial charge >= 0.3 is 0 Å². The number of hydrogen-bond donors (Lipinski definition) is 1. The van der Waals surface area contributed by atoms with E-state index in [4.69, 9.17) is 10.5 Å². The molecule has 2 aliphatic rings. The van der Waals surface area contributed by atoms with Crippen molar-refractivity contribution in [2.75, 3.05) is 25.1 Å². The number of benzene rings is 1. The number of carbonyl (C=O) groups is 1. The van der Waals surface area contributed by atoms with Crippen LogP contribution in [0.4, 0.5) is 5.82 Å². The molecule has 1 saturated carbocycles. The van der Waals surface area contributed by atoms with Gasteiger partial charge in [0.1, 0.15) is 34.2 Å². The van der Waals surface area contributed by atoms with Crippen LogP contribution in [0.3, 0.4) is 0 Å². The summed E-state index contributed by atoms with van der Waals surface area (Å²) in [4.78, 5) is 33.3. The van der Waals surface area contributed by atoms with Crippen LogP contribution in [0.2, 0.25) is 0 Å². The van der Waals surface area contributed by atoms with Gasteiger partial charge in [-0.05, 0) is 43.2 Å². The number of hydrogen-bond acceptors (Lipinski definition) is 7. The molecule has 1 aliphatic carbocycles. The smallest absolute Gasteiger partial charge is 0.278 e. The van der Waals surface area contributed by atoms with Crippen molar-refractivity contribution in [1.29, 1.82) is 5.26 Å². The van der Waals surface area contributed by atoms with Crippen LogP contribution in [0.15, 0.2) is 35.4 Å². The zero-order valence-electron chi connectivity index (χ0n) is 20.1. The van der Waals surface area contributed by atoms with E-state index in [1.54, 1.807) is 31.4 Å². The minimum atomic E-state index is -0.316. The first kappa shape index (κ1) is 23.1. The van der Waals surface area contributed by atoms with Gasteiger partial charge in [-0.1, -0.05) is 19.1 Å². The highest BCUT2D eigenvalue weighted by molar-refractivity contribution is 5.96. The lowest BCUT2D eigenvalue weighted by molar-refractivity contribution is 0.0970. The monoisotopic (exact) mass is 474 g/mol. The van der Waals surface area contributed by atoms with Gasteiger partial charge in [0.2, 0.25) is 0 Å². The number of methoxy groups -OCH3 is 1. The maximum absolute atomic E-state index is 13.7. The topological polar surface area (TPSA) is 119 Å². The molecular weight excluding hydrogens is 444 g/mol. The number of carbonyl (C=O) groups excluding carboxylic acids is 1. The van der Waals surface area contributed by atoms with Crippen LogP contribution in [-0.4, -0.2) is 46.1 Å². The first-order chi connectivity index (χ1) is 16.9. The van der Waals surface area contributed by atoms with Gasteiger partial charge in [-0.2, -0.15) is 5.26 Å². The van der Waals surface area contributed by atoms with Crippen LogP contribution < -0.4 is 20.9 Å². The van der Waals surface area contributed by atoms with Gasteiger partial charge in [-0.15, -0.1) is 0 Å². The molecule has 182 valence electrons. The van der Waals surface area contributed by atoms with E-state index in [1.165, 1.54) is 10.9 Å². The summed E-state index contributed by atoms with van der Waals surface area (Å²) in [6, 6.07) is 9.19. The van der Waals surface area contributed by atoms with Crippen LogP contribution in [0, 0.1) is 23.2 Å². The van der Waals surface area contributed by atoms with Crippen molar-refractivity contribution in [2.24, 2.45) is 17.6 Å². The summed E-state index contributed by atoms with van der Waals surface area (Å²) in [7, 11) is 1.54. The maximum atomic E-state index is 13.7. The van der Waals surface area contributed by atoms with Gasteiger partial charge < -0.3 is 19.9 Å². The lowest BCUT2D eigenvalue weighted by atomic mass is 10.1. The molecule has 2 N–H and O–H groups in total. The standard InChI is InChI=1S/C26H30N6O3/c1-16-9-18(16)12-32-24-23(21(11-27)25(32)30-8-4-6-19(28)13-30)29-15-31(26(24)34)14-22(33)17-5-3-7-20(10-17)35-2/h3,5,7,10,15-16,18-19H,4,6,8-9,12-14,28H2,1-2H3/t16-,18+,19-/m1/s1. The molecule has 9 heteroatoms. The molecule has 2 aromatic heterocycles. The molecular formula is C26H30N6O3. The van der Waals surface area contributed by atoms with Crippen molar-refractivity contribution in [3.05, 3.63) is 52.1 Å². The van der Waals surface area contributed by atoms with Crippen molar-refractivity contribution in [3.63, 3.8) is 0 Å². The average Bonchev–Trinajstić information content (AvgIpc) is 3.46. The zero-order chi connectivity index (χ0) is 24.7. The first-order valence-electron chi connectivity index (χ1n) is 12.1. The molecule has 1 aliphatic heterocycles. The average molecular weight is 475 g/mol. The predicted octanol–water partition coefficient (Wildman–Crippen LogP) is 2.54. The fourth-order valence-corrected chi connectivity index (χ4v) is 5.11. The Kier molecular flexibility index (Phi) is 6.07. The molecule has 3 heterocycles. The molecule has 0 unspecified atom stereocenters. The molecule has 3 atom stereocenters. The third kappa shape index (κ3) is 4.30. The zero-order valence-corrected chi connectivity index (χ0v) is 20.1. The van der Waals surface area contributed by atoms with Crippen molar-refractivity contribution >= 4 is 22.6 Å². The van der Waals surface area contributed by atoms with E-state index in [1.807, 2.05) is 4.57 Å². The minimum Gasteiger partial charge on any atom is -0.497 e. The number of nitrogens with zero attached hydrogens (tertiary/aromatic N) is 5. The first-order valence-corrected chi connectivity index (χ1v) is 12.1. The number of Topliss-reactive ketones (excluding diaryl/α,β-unsaturated/α-hetero) is 1. The lowest BCUT2D eigenvalue weighted by Crippen LogP contribution is -2.44. The Bertz CT molecular complexity index is 1380. The lowest BCUT2D eigenvalue weighted by Gasteiger charge is -2.33. The number of fused-ring (bicyclic) bond motifs is 1. The minimum absolute atomic E-state index is 0.0201. The van der Waals surface area contributed by atoms with Crippen LogP contribution in [-0.2, 0) is 13.1 Å². The largest absolute Gasteiger partial charge is 0.497 e. The van der Waals surface area contributed by atoms with Gasteiger partial charge in [0.15, 0.2) is 5.78 Å². The number of nitriles is 1. The molecule has 1 saturated heterocycles. The fourth-order valence-electron chi connectivity index (χ4n) is 5.11. The summed E-state index contributed by atoms with van der Waals surface area (Å²) in [5.74, 6) is 2.11. The number of ether oxygens (including phenoxy) is 1. The SMILES string of the molecule is COc1cccc(C(=O)Cn2cnc3c(C#N)c(N4CCC[C@@H](N)C4)n(C[C@@H]4C[C@H]4C)c3c2=O)c1. The number of piperidine rings is 1. The van der Waals surface area contributed by atoms with E-state index in [0.717, 1.165) is 31.6 Å². The van der Waals surface area contributed by atoms with Crippen molar-refractivity contribution in [1.82, 2.24) is 14.1 Å². The molecule has 5 rings (SSSR count). The van der Waals surface area contributed by atoms with Crippen LogP contribution in [0.25, 0.3) is 11.0 Å². The summed E-state index contributed by atoms with van der Waals surface area (Å²) in [6.45, 7) is 4.10. The summed E-state index contributed by atoms with van der Waals surface area (Å²) >= 11 is 0. The molecule has 0 amide bonds. The highest BCUT2D eigenvalue weighted by atomic mass is 16.5. The second-order valence-electron chi connectivity index (χ2n) is 9.77. The molecule has 0 bridgehead atoms. The number of anilines is 1. The molecule has 0 radical (unpaired) electrons. The third-order valence-electron chi connectivity index (χ3n) is 7.27. The van der Waals surface area contributed by atoms with Crippen LogP contribution >= 0.6 is 0 Å². The van der Waals surface area contributed by atoms with Crippen LogP contribution in [0.1, 0.15) is 42.1 Å². The summed E-state index contributed by atoms with van der Waals surface area (Å²) in [5.41, 5.74) is 7.59. The van der Waals surface area contributed by atoms with Gasteiger partial charge in [0.05, 0.1) is 20.0 Å². The molecule has 9 nitrogen and oxygen atoms in total. The Morgan fingerprint density at radius 1 is 1.37 bits per heavy atom. The Morgan fingerprint density at radius 2 is 2.17 bits per heavy atom. The van der Waals surface area contributed by atoms with E-state index in [0.29, 0.717) is 52.8 Å². The predicted molar refractivity (Wildman–Crippen MR) is 133 cm³/mol. The summed E-state index contributed by atoms with van der Waals surface area (Å²) in [5, 5.41) is 10.1. The van der Waals surface area contributed by atoms with Gasteiger partial charge in [0.25, 0.3) is 5.56 Å². The molecule has 2 fully saturated rings. The van der Waals surface area contributed by atoms with E-state index in [2.05, 4.69) is 22.9 Å². The van der Waals surface area contributed by atoms with Crippen molar-refractivity contribution in [3.8, 4) is 11.8 Å². The van der Waals surface area contributed by atoms with Gasteiger partial charge in [-0.25, -0.2) is 4.98 Å². The number of rotatable bonds is 7. The summed E-state index contributed by atoms with van der Waals surface area (Å²) < 4.78 is 8.53. The molecule has 3 aromatic rings. The summed E-state index contributed by atoms with van der Waals surface area (Å²) in [6.07, 6.45) is 4.33. The number of aromatic nitrogens is 3. The van der Waals surface area contributed by atoms with Crippen LogP contribution in [0.5, 0.6) is 5.75 Å². The number of ketones is 1. The quantitative estimate of drug-likeness (QED) is 0.523. The van der Waals surface area contributed by atoms with Crippen molar-refractivity contribution in [2.45, 2.75) is 45.3 Å².